The molecule has 13 heteroatoms. The molecular weight excluding hydrogens is 503 g/mol. The maximum atomic E-state index is 13.2. The van der Waals surface area contributed by atoms with Crippen molar-refractivity contribution in [2.45, 2.75) is 55.5 Å². The first kappa shape index (κ1) is 25.3. The summed E-state index contributed by atoms with van der Waals surface area (Å²) in [7, 11) is -4.40. The molecule has 198 valence electrons. The van der Waals surface area contributed by atoms with E-state index in [1.165, 1.54) is 12.1 Å². The molecule has 0 aromatic heterocycles. The lowest BCUT2D eigenvalue weighted by Crippen LogP contribution is -2.63. The molecule has 6 rings (SSSR count). The number of para-hydroxylation sites is 1. The van der Waals surface area contributed by atoms with Crippen LogP contribution < -0.4 is 15.8 Å². The number of carbonyl (C=O) groups excluding carboxylic acids is 2. The minimum Gasteiger partial charge on any atom is -0.404 e. The number of sulfonamides is 1. The minimum absolute atomic E-state index is 0.0933. The number of primary amides is 1. The molecule has 0 radical (unpaired) electrons. The van der Waals surface area contributed by atoms with Gasteiger partial charge in [-0.1, -0.05) is 12.1 Å². The van der Waals surface area contributed by atoms with Crippen LogP contribution >= 0.6 is 0 Å². The zero-order valence-electron chi connectivity index (χ0n) is 19.4. The van der Waals surface area contributed by atoms with Gasteiger partial charge in [-0.15, -0.1) is 13.2 Å². The number of nitrogens with two attached hydrogens (primary N) is 1. The highest BCUT2D eigenvalue weighted by atomic mass is 32.2. The molecule has 0 spiro atoms. The molecule has 1 saturated heterocycles. The minimum atomic E-state index is -5.06. The zero-order chi connectivity index (χ0) is 25.9. The number of hydrogen-bond donors (Lipinski definition) is 2. The average Bonchev–Trinajstić information content (AvgIpc) is 2.80. The molecule has 9 nitrogen and oxygen atoms in total. The van der Waals surface area contributed by atoms with Crippen molar-refractivity contribution in [3.63, 3.8) is 0 Å². The van der Waals surface area contributed by atoms with E-state index >= 15 is 0 Å². The van der Waals surface area contributed by atoms with Crippen LogP contribution in [0.3, 0.4) is 0 Å². The van der Waals surface area contributed by atoms with E-state index in [1.807, 2.05) is 0 Å². The summed E-state index contributed by atoms with van der Waals surface area (Å²) < 4.78 is 75.2. The van der Waals surface area contributed by atoms with Gasteiger partial charge in [0.25, 0.3) is 5.91 Å². The maximum Gasteiger partial charge on any atom is 0.573 e. The first-order valence-corrected chi connectivity index (χ1v) is 13.4. The lowest BCUT2D eigenvalue weighted by atomic mass is 9.47. The van der Waals surface area contributed by atoms with E-state index in [9.17, 15) is 31.2 Å². The molecule has 3 atom stereocenters. The van der Waals surface area contributed by atoms with E-state index in [4.69, 9.17) is 10.5 Å². The summed E-state index contributed by atoms with van der Waals surface area (Å²) in [6.45, 7) is -0.557. The van der Waals surface area contributed by atoms with Gasteiger partial charge in [0.05, 0.1) is 6.61 Å². The molecule has 3 unspecified atom stereocenters. The molecule has 1 aliphatic heterocycles. The van der Waals surface area contributed by atoms with Gasteiger partial charge in [0.15, 0.2) is 0 Å². The van der Waals surface area contributed by atoms with E-state index in [1.54, 1.807) is 0 Å². The van der Waals surface area contributed by atoms with Crippen LogP contribution in [0, 0.1) is 23.2 Å². The number of carbonyl (C=O) groups is 2. The third kappa shape index (κ3) is 4.56. The summed E-state index contributed by atoms with van der Waals surface area (Å²) in [5, 5.41) is 3.03. The van der Waals surface area contributed by atoms with Gasteiger partial charge in [0.2, 0.25) is 15.9 Å². The van der Waals surface area contributed by atoms with Gasteiger partial charge >= 0.3 is 6.36 Å². The molecule has 5 fully saturated rings. The zero-order valence-corrected chi connectivity index (χ0v) is 20.2. The van der Waals surface area contributed by atoms with Crippen LogP contribution in [0.1, 0.15) is 32.1 Å². The lowest BCUT2D eigenvalue weighted by Gasteiger charge is -2.59. The Hall–Kier alpha value is -2.38. The number of hydrogen-bond acceptors (Lipinski definition) is 6. The Kier molecular flexibility index (Phi) is 6.23. The van der Waals surface area contributed by atoms with Crippen molar-refractivity contribution < 1.29 is 40.7 Å². The molecule has 2 amide bonds. The van der Waals surface area contributed by atoms with Crippen LogP contribution in [0.4, 0.5) is 13.2 Å². The highest BCUT2D eigenvalue weighted by Crippen LogP contribution is 2.59. The second-order valence-corrected chi connectivity index (χ2v) is 12.3. The topological polar surface area (TPSA) is 128 Å². The van der Waals surface area contributed by atoms with Crippen molar-refractivity contribution in [3.8, 4) is 5.75 Å². The van der Waals surface area contributed by atoms with Crippen LogP contribution in [0.25, 0.3) is 0 Å². The fourth-order valence-electron chi connectivity index (χ4n) is 6.83. The molecule has 1 aromatic rings. The van der Waals surface area contributed by atoms with E-state index in [2.05, 4.69) is 10.1 Å². The first-order valence-electron chi connectivity index (χ1n) is 11.9. The lowest BCUT2D eigenvalue weighted by molar-refractivity contribution is -0.275. The molecular formula is C23H28F3N3O6S. The summed E-state index contributed by atoms with van der Waals surface area (Å²) in [4.78, 5) is 24.7. The van der Waals surface area contributed by atoms with Crippen LogP contribution in [0.15, 0.2) is 29.2 Å². The van der Waals surface area contributed by atoms with Crippen molar-refractivity contribution in [2.75, 3.05) is 19.7 Å². The van der Waals surface area contributed by atoms with Gasteiger partial charge in [-0.2, -0.15) is 4.31 Å². The Balaban J connectivity index is 1.29. The van der Waals surface area contributed by atoms with Crippen LogP contribution in [-0.4, -0.2) is 62.7 Å². The number of rotatable bonds is 6. The number of amides is 2. The smallest absolute Gasteiger partial charge is 0.404 e. The maximum absolute atomic E-state index is 13.2. The van der Waals surface area contributed by atoms with Crippen LogP contribution in [0.5, 0.6) is 5.75 Å². The Morgan fingerprint density at radius 1 is 1.14 bits per heavy atom. The molecule has 36 heavy (non-hydrogen) atoms. The van der Waals surface area contributed by atoms with E-state index in [-0.39, 0.29) is 43.5 Å². The second kappa shape index (κ2) is 8.88. The van der Waals surface area contributed by atoms with Crippen molar-refractivity contribution in [1.82, 2.24) is 9.62 Å². The van der Waals surface area contributed by atoms with Crippen molar-refractivity contribution in [1.29, 1.82) is 0 Å². The molecule has 4 aliphatic carbocycles. The third-order valence-electron chi connectivity index (χ3n) is 8.12. The number of nitrogens with one attached hydrogen (secondary N) is 1. The van der Waals surface area contributed by atoms with Gasteiger partial charge in [-0.3, -0.25) is 9.59 Å². The Morgan fingerprint density at radius 2 is 1.81 bits per heavy atom. The van der Waals surface area contributed by atoms with E-state index < -0.39 is 44.5 Å². The highest BCUT2D eigenvalue weighted by molar-refractivity contribution is 7.89. The number of ether oxygens (including phenoxy) is 2. The number of halogens is 3. The molecule has 1 aromatic carbocycles. The second-order valence-electron chi connectivity index (χ2n) is 10.4. The Morgan fingerprint density at radius 3 is 2.44 bits per heavy atom. The molecule has 1 heterocycles. The Bertz CT molecular complexity index is 1140. The summed E-state index contributed by atoms with van der Waals surface area (Å²) in [5.74, 6) is -0.952. The number of alkyl halides is 3. The average molecular weight is 532 g/mol. The summed E-state index contributed by atoms with van der Waals surface area (Å²) in [5.41, 5.74) is 5.22. The summed E-state index contributed by atoms with van der Waals surface area (Å²) in [6.07, 6.45) is -2.33. The van der Waals surface area contributed by atoms with Crippen molar-refractivity contribution in [3.05, 3.63) is 24.3 Å². The highest BCUT2D eigenvalue weighted by Gasteiger charge is 2.58. The van der Waals surface area contributed by atoms with Gasteiger partial charge in [0.1, 0.15) is 16.7 Å². The molecule has 4 bridgehead atoms. The number of nitrogens with zero attached hydrogens (tertiary/aromatic N) is 1. The van der Waals surface area contributed by atoms with Crippen LogP contribution in [0.2, 0.25) is 0 Å². The number of morpholine rings is 1. The normalized spacial score (nSPS) is 34.4. The van der Waals surface area contributed by atoms with Gasteiger partial charge in [-0.05, 0) is 62.0 Å². The quantitative estimate of drug-likeness (QED) is 0.576. The Labute approximate surface area is 206 Å². The van der Waals surface area contributed by atoms with Crippen molar-refractivity contribution in [2.24, 2.45) is 28.9 Å². The summed E-state index contributed by atoms with van der Waals surface area (Å²) >= 11 is 0. The fourth-order valence-corrected chi connectivity index (χ4v) is 8.37. The molecule has 4 saturated carbocycles. The monoisotopic (exact) mass is 531 g/mol. The third-order valence-corrected chi connectivity index (χ3v) is 10.0. The standard InChI is InChI=1S/C23H28F3N3O6S/c24-23(25,26)35-16-3-1-2-4-18(16)36(32,33)29-5-6-34-17(12-29)20(30)28-19-14-7-13-8-15(19)11-22(9-13,10-14)21(27)31/h1-4,13-15,17,19H,5-12H2,(H2,27,31)(H,28,30). The van der Waals surface area contributed by atoms with Gasteiger partial charge in [0, 0.05) is 24.5 Å². The van der Waals surface area contributed by atoms with E-state index in [0.29, 0.717) is 18.8 Å². The SMILES string of the molecule is NC(=O)C12CC3CC(C1)C(NC(=O)C1CN(S(=O)(=O)c4ccccc4OC(F)(F)F)CCO1)C(C3)C2. The predicted molar refractivity (Wildman–Crippen MR) is 119 cm³/mol. The predicted octanol–water partition coefficient (Wildman–Crippen LogP) is 1.77. The largest absolute Gasteiger partial charge is 0.573 e. The van der Waals surface area contributed by atoms with Crippen molar-refractivity contribution >= 4 is 21.8 Å². The van der Waals surface area contributed by atoms with Gasteiger partial charge < -0.3 is 20.5 Å². The fraction of sp³-hybridized carbons (Fsp3) is 0.652. The first-order chi connectivity index (χ1) is 16.9. The summed E-state index contributed by atoms with van der Waals surface area (Å²) in [6, 6.07) is 4.34. The molecule has 5 aliphatic rings. The molecule has 3 N–H and O–H groups in total. The van der Waals surface area contributed by atoms with E-state index in [0.717, 1.165) is 35.7 Å². The van der Waals surface area contributed by atoms with Crippen LogP contribution in [-0.2, 0) is 24.3 Å². The van der Waals surface area contributed by atoms with Gasteiger partial charge in [-0.25, -0.2) is 8.42 Å². The number of benzene rings is 1.